The van der Waals surface area contributed by atoms with Crippen LogP contribution in [0.25, 0.3) is 0 Å². The van der Waals surface area contributed by atoms with Gasteiger partial charge in [-0.15, -0.1) is 11.3 Å². The Morgan fingerprint density at radius 1 is 1.16 bits per heavy atom. The van der Waals surface area contributed by atoms with Crippen molar-refractivity contribution >= 4 is 17.3 Å². The number of nitrogens with zero attached hydrogens (tertiary/aromatic N) is 2. The molecule has 0 bridgehead atoms. The van der Waals surface area contributed by atoms with Crippen molar-refractivity contribution in [3.05, 3.63) is 74.7 Å². The Labute approximate surface area is 191 Å². The molecule has 0 amide bonds. The summed E-state index contributed by atoms with van der Waals surface area (Å²) < 4.78 is 19.2. The van der Waals surface area contributed by atoms with Gasteiger partial charge in [0.05, 0.1) is 19.2 Å². The van der Waals surface area contributed by atoms with Crippen molar-refractivity contribution < 1.29 is 19.0 Å². The Morgan fingerprint density at radius 3 is 2.75 bits per heavy atom. The Morgan fingerprint density at radius 2 is 1.97 bits per heavy atom. The van der Waals surface area contributed by atoms with E-state index in [0.717, 1.165) is 43.5 Å². The normalized spacial score (nSPS) is 14.1. The van der Waals surface area contributed by atoms with Crippen molar-refractivity contribution in [3.63, 3.8) is 0 Å². The number of carbonyl (C=O) groups is 1. The molecule has 0 saturated carbocycles. The molecule has 7 heteroatoms. The van der Waals surface area contributed by atoms with Crippen molar-refractivity contribution in [3.8, 4) is 5.75 Å². The fraction of sp³-hybridized carbons (Fsp3) is 0.400. The van der Waals surface area contributed by atoms with Gasteiger partial charge in [-0.25, -0.2) is 9.37 Å². The number of halogens is 1. The second kappa shape index (κ2) is 10.2. The molecule has 2 heterocycles. The molecule has 5 nitrogen and oxygen atoms in total. The summed E-state index contributed by atoms with van der Waals surface area (Å²) in [5.74, 6) is -1.80. The SMILES string of the molecule is COc1ccc(C(CC(=O)O)c2nc(CCCc3ccc4c(n3)CCCC4)cs2)cc1F. The fourth-order valence-electron chi connectivity index (χ4n) is 4.24. The highest BCUT2D eigenvalue weighted by molar-refractivity contribution is 7.09. The van der Waals surface area contributed by atoms with E-state index >= 15 is 0 Å². The first-order valence-corrected chi connectivity index (χ1v) is 11.9. The third-order valence-corrected chi connectivity index (χ3v) is 6.93. The Balaban J connectivity index is 1.42. The zero-order chi connectivity index (χ0) is 22.5. The monoisotopic (exact) mass is 454 g/mol. The quantitative estimate of drug-likeness (QED) is 0.472. The first-order chi connectivity index (χ1) is 15.5. The lowest BCUT2D eigenvalue weighted by Gasteiger charge is -2.15. The number of aryl methyl sites for hydroxylation is 4. The van der Waals surface area contributed by atoms with Gasteiger partial charge in [-0.05, 0) is 74.3 Å². The van der Waals surface area contributed by atoms with E-state index in [4.69, 9.17) is 14.7 Å². The molecular formula is C25H27FN2O3S. The first kappa shape index (κ1) is 22.4. The van der Waals surface area contributed by atoms with Crippen molar-refractivity contribution in [1.29, 1.82) is 0 Å². The fourth-order valence-corrected chi connectivity index (χ4v) is 5.22. The lowest BCUT2D eigenvalue weighted by molar-refractivity contribution is -0.137. The van der Waals surface area contributed by atoms with Crippen LogP contribution >= 0.6 is 11.3 Å². The van der Waals surface area contributed by atoms with Gasteiger partial charge < -0.3 is 9.84 Å². The van der Waals surface area contributed by atoms with E-state index in [2.05, 4.69) is 12.1 Å². The van der Waals surface area contributed by atoms with Gasteiger partial charge in [0.2, 0.25) is 0 Å². The minimum Gasteiger partial charge on any atom is -0.494 e. The van der Waals surface area contributed by atoms with E-state index in [0.29, 0.717) is 10.6 Å². The van der Waals surface area contributed by atoms with Gasteiger partial charge in [-0.3, -0.25) is 9.78 Å². The number of thiazole rings is 1. The first-order valence-electron chi connectivity index (χ1n) is 11.0. The Hall–Kier alpha value is -2.80. The summed E-state index contributed by atoms with van der Waals surface area (Å²) in [6.07, 6.45) is 7.17. The lowest BCUT2D eigenvalue weighted by atomic mass is 9.95. The van der Waals surface area contributed by atoms with Crippen LogP contribution in [-0.2, 0) is 30.5 Å². The zero-order valence-electron chi connectivity index (χ0n) is 18.1. The number of hydrogen-bond acceptors (Lipinski definition) is 5. The van der Waals surface area contributed by atoms with Crippen LogP contribution in [0.5, 0.6) is 5.75 Å². The average molecular weight is 455 g/mol. The van der Waals surface area contributed by atoms with Crippen LogP contribution < -0.4 is 4.74 Å². The number of carboxylic acids is 1. The second-order valence-corrected chi connectivity index (χ2v) is 9.08. The molecule has 0 fully saturated rings. The minimum atomic E-state index is -0.943. The number of rotatable bonds is 9. The predicted molar refractivity (Wildman–Crippen MR) is 122 cm³/mol. The van der Waals surface area contributed by atoms with Gasteiger partial charge in [0.25, 0.3) is 0 Å². The maximum absolute atomic E-state index is 14.2. The number of benzene rings is 1. The molecule has 168 valence electrons. The summed E-state index contributed by atoms with van der Waals surface area (Å²) in [5, 5.41) is 12.1. The molecular weight excluding hydrogens is 427 g/mol. The van der Waals surface area contributed by atoms with Gasteiger partial charge in [0.15, 0.2) is 11.6 Å². The van der Waals surface area contributed by atoms with Crippen LogP contribution in [-0.4, -0.2) is 28.2 Å². The molecule has 1 unspecified atom stereocenters. The third-order valence-electron chi connectivity index (χ3n) is 5.93. The molecule has 0 aliphatic heterocycles. The van der Waals surface area contributed by atoms with Crippen LogP contribution in [0.2, 0.25) is 0 Å². The van der Waals surface area contributed by atoms with Crippen LogP contribution in [0.4, 0.5) is 4.39 Å². The highest BCUT2D eigenvalue weighted by Crippen LogP contribution is 2.33. The van der Waals surface area contributed by atoms with E-state index in [1.807, 2.05) is 5.38 Å². The Bertz CT molecular complexity index is 1100. The topological polar surface area (TPSA) is 72.3 Å². The Kier molecular flexibility index (Phi) is 7.15. The largest absolute Gasteiger partial charge is 0.494 e. The zero-order valence-corrected chi connectivity index (χ0v) is 19.0. The molecule has 1 N–H and O–H groups in total. The summed E-state index contributed by atoms with van der Waals surface area (Å²) in [5.41, 5.74) is 5.30. The van der Waals surface area contributed by atoms with Crippen molar-refractivity contribution in [1.82, 2.24) is 9.97 Å². The molecule has 0 radical (unpaired) electrons. The van der Waals surface area contributed by atoms with Crippen molar-refractivity contribution in [2.24, 2.45) is 0 Å². The maximum Gasteiger partial charge on any atom is 0.304 e. The number of carboxylic acid groups (broad SMARTS) is 1. The standard InChI is InChI=1S/C25H27FN2O3S/c1-31-23-12-10-17(13-21(23)26)20(14-24(29)30)25-28-19(15-32-25)7-4-6-18-11-9-16-5-2-3-8-22(16)27-18/h9-13,15,20H,2-8,14H2,1H3,(H,29,30). The number of ether oxygens (including phenoxy) is 1. The maximum atomic E-state index is 14.2. The van der Waals surface area contributed by atoms with Gasteiger partial charge in [0.1, 0.15) is 5.01 Å². The summed E-state index contributed by atoms with van der Waals surface area (Å²) >= 11 is 1.43. The average Bonchev–Trinajstić information content (AvgIpc) is 3.26. The number of aliphatic carboxylic acids is 1. The third kappa shape index (κ3) is 5.33. The molecule has 1 aliphatic rings. The minimum absolute atomic E-state index is 0.137. The summed E-state index contributed by atoms with van der Waals surface area (Å²) in [7, 11) is 1.40. The second-order valence-electron chi connectivity index (χ2n) is 8.19. The molecule has 32 heavy (non-hydrogen) atoms. The smallest absolute Gasteiger partial charge is 0.304 e. The van der Waals surface area contributed by atoms with Gasteiger partial charge in [-0.2, -0.15) is 0 Å². The van der Waals surface area contributed by atoms with Gasteiger partial charge >= 0.3 is 5.97 Å². The molecule has 2 aromatic heterocycles. The number of methoxy groups -OCH3 is 1. The summed E-state index contributed by atoms with van der Waals surface area (Å²) in [4.78, 5) is 21.0. The summed E-state index contributed by atoms with van der Waals surface area (Å²) in [6, 6.07) is 8.94. The molecule has 1 aromatic carbocycles. The van der Waals surface area contributed by atoms with Gasteiger partial charge in [0, 0.05) is 22.7 Å². The summed E-state index contributed by atoms with van der Waals surface area (Å²) in [6.45, 7) is 0. The predicted octanol–water partition coefficient (Wildman–Crippen LogP) is 5.35. The van der Waals surface area contributed by atoms with E-state index in [1.54, 1.807) is 6.07 Å². The van der Waals surface area contributed by atoms with E-state index in [-0.39, 0.29) is 12.2 Å². The molecule has 1 aliphatic carbocycles. The van der Waals surface area contributed by atoms with E-state index in [1.165, 1.54) is 54.7 Å². The molecule has 0 saturated heterocycles. The van der Waals surface area contributed by atoms with Crippen LogP contribution in [0.15, 0.2) is 35.7 Å². The van der Waals surface area contributed by atoms with Crippen LogP contribution in [0.1, 0.15) is 64.8 Å². The van der Waals surface area contributed by atoms with Crippen molar-refractivity contribution in [2.75, 3.05) is 7.11 Å². The molecule has 0 spiro atoms. The van der Waals surface area contributed by atoms with E-state index < -0.39 is 17.7 Å². The molecule has 4 rings (SSSR count). The van der Waals surface area contributed by atoms with E-state index in [9.17, 15) is 14.3 Å². The highest BCUT2D eigenvalue weighted by atomic mass is 32.1. The number of pyridine rings is 1. The lowest BCUT2D eigenvalue weighted by Crippen LogP contribution is -2.09. The number of aromatic nitrogens is 2. The number of fused-ring (bicyclic) bond motifs is 1. The van der Waals surface area contributed by atoms with Crippen LogP contribution in [0.3, 0.4) is 0 Å². The molecule has 1 atom stereocenters. The molecule has 3 aromatic rings. The van der Waals surface area contributed by atoms with Gasteiger partial charge in [-0.1, -0.05) is 12.1 Å². The van der Waals surface area contributed by atoms with Crippen LogP contribution in [0, 0.1) is 5.82 Å². The van der Waals surface area contributed by atoms with Crippen molar-refractivity contribution in [2.45, 2.75) is 57.3 Å². The highest BCUT2D eigenvalue weighted by Gasteiger charge is 2.23. The number of hydrogen-bond donors (Lipinski definition) is 1.